The molecule has 0 aliphatic heterocycles. The second-order valence-electron chi connectivity index (χ2n) is 17.8. The first-order valence-electron chi connectivity index (χ1n) is 23.3. The van der Waals surface area contributed by atoms with Crippen molar-refractivity contribution in [3.05, 3.63) is 237 Å². The highest BCUT2D eigenvalue weighted by molar-refractivity contribution is 6.33. The van der Waals surface area contributed by atoms with E-state index in [1.807, 2.05) is 0 Å². The molecule has 0 saturated carbocycles. The van der Waals surface area contributed by atoms with Crippen LogP contribution in [0.25, 0.3) is 143 Å². The summed E-state index contributed by atoms with van der Waals surface area (Å²) >= 11 is 0. The molecule has 14 rings (SSSR count). The molecule has 0 unspecified atom stereocenters. The molecule has 12 aromatic carbocycles. The zero-order chi connectivity index (χ0) is 44.7. The molecule has 68 heavy (non-hydrogen) atoms. The minimum atomic E-state index is 0.701. The van der Waals surface area contributed by atoms with Crippen LogP contribution in [0.3, 0.4) is 0 Å². The summed E-state index contributed by atoms with van der Waals surface area (Å²) in [5.74, 6) is 0.701. The first-order valence-corrected chi connectivity index (χ1v) is 23.3. The molecule has 3 heteroatoms. The lowest BCUT2D eigenvalue weighted by Crippen LogP contribution is -1.98. The first-order chi connectivity index (χ1) is 33.7. The molecule has 0 N–H and O–H groups in total. The average Bonchev–Trinajstić information content (AvgIpc) is 3.42. The van der Waals surface area contributed by atoms with Gasteiger partial charge in [-0.05, 0) is 100 Å². The summed E-state index contributed by atoms with van der Waals surface area (Å²) in [6.45, 7) is 0. The number of pyridine rings is 1. The lowest BCUT2D eigenvalue weighted by atomic mass is 9.89. The van der Waals surface area contributed by atoms with Crippen LogP contribution in [-0.2, 0) is 0 Å². The Kier molecular flexibility index (Phi) is 8.59. The Labute approximate surface area is 392 Å². The van der Waals surface area contributed by atoms with E-state index < -0.39 is 0 Å². The number of rotatable bonds is 5. The predicted molar refractivity (Wildman–Crippen MR) is 287 cm³/mol. The van der Waals surface area contributed by atoms with E-state index in [1.54, 1.807) is 0 Å². The highest BCUT2D eigenvalue weighted by Crippen LogP contribution is 2.44. The van der Waals surface area contributed by atoms with Crippen LogP contribution in [0.1, 0.15) is 0 Å². The Morgan fingerprint density at radius 3 is 1.22 bits per heavy atom. The van der Waals surface area contributed by atoms with Crippen molar-refractivity contribution in [3.63, 3.8) is 0 Å². The number of para-hydroxylation sites is 1. The van der Waals surface area contributed by atoms with Gasteiger partial charge in [-0.3, -0.25) is 0 Å². The molecule has 314 valence electrons. The molecule has 0 saturated heterocycles. The third-order valence-electron chi connectivity index (χ3n) is 14.0. The normalized spacial score (nSPS) is 11.8. The van der Waals surface area contributed by atoms with Gasteiger partial charge in [-0.2, -0.15) is 0 Å². The van der Waals surface area contributed by atoms with Gasteiger partial charge in [0.1, 0.15) is 0 Å². The van der Waals surface area contributed by atoms with E-state index >= 15 is 0 Å². The van der Waals surface area contributed by atoms with Crippen molar-refractivity contribution >= 4 is 86.3 Å². The monoisotopic (exact) mass is 861 g/mol. The van der Waals surface area contributed by atoms with E-state index in [4.69, 9.17) is 15.0 Å². The van der Waals surface area contributed by atoms with E-state index in [-0.39, 0.29) is 0 Å². The quantitative estimate of drug-likeness (QED) is 0.162. The van der Waals surface area contributed by atoms with Crippen LogP contribution in [0.2, 0.25) is 0 Å². The highest BCUT2D eigenvalue weighted by Gasteiger charge is 2.20. The fraction of sp³-hybridized carbons (Fsp3) is 0. The molecule has 0 aliphatic carbocycles. The molecule has 0 spiro atoms. The number of fused-ring (bicyclic) bond motifs is 14. The van der Waals surface area contributed by atoms with Gasteiger partial charge in [0.05, 0.1) is 22.6 Å². The number of aromatic nitrogens is 3. The maximum Gasteiger partial charge on any atom is 0.161 e. The standard InChI is InChI=1S/C65H39N3/c1-3-17-46-44(15-1)37-57(52-23-7-5-19-48(46)52)61-39-60(67-65(68-61)58-38-45-16-2-4-18-47(45)49-20-6-8-24-53(49)58)42-33-29-40(30-34-42)41-31-35-43(36-32-41)64-63-55-26-12-10-22-51(55)50-21-9-11-25-54(50)62(63)56-27-13-14-28-59(56)66-64/h1-39H. The topological polar surface area (TPSA) is 38.7 Å². The molecule has 0 radical (unpaired) electrons. The second-order valence-corrected chi connectivity index (χ2v) is 17.8. The fourth-order valence-electron chi connectivity index (χ4n) is 10.8. The maximum absolute atomic E-state index is 5.46. The Morgan fingerprint density at radius 2 is 0.632 bits per heavy atom. The van der Waals surface area contributed by atoms with E-state index in [9.17, 15) is 0 Å². The molecule has 0 atom stereocenters. The van der Waals surface area contributed by atoms with Gasteiger partial charge in [0, 0.05) is 38.4 Å². The van der Waals surface area contributed by atoms with Gasteiger partial charge in [0.15, 0.2) is 5.82 Å². The van der Waals surface area contributed by atoms with Crippen LogP contribution in [0, 0.1) is 0 Å². The fourth-order valence-corrected chi connectivity index (χ4v) is 10.8. The third-order valence-corrected chi connectivity index (χ3v) is 14.0. The van der Waals surface area contributed by atoms with Gasteiger partial charge < -0.3 is 0 Å². The molecule has 14 aromatic rings. The zero-order valence-corrected chi connectivity index (χ0v) is 36.9. The molecule has 0 aliphatic rings. The minimum absolute atomic E-state index is 0.701. The number of hydrogen-bond donors (Lipinski definition) is 0. The van der Waals surface area contributed by atoms with Gasteiger partial charge in [-0.1, -0.05) is 212 Å². The lowest BCUT2D eigenvalue weighted by Gasteiger charge is -2.16. The SMILES string of the molecule is c1ccc2c(c1)cc(-c1cc(-c3ccc(-c4ccc(-c5nc6ccccc6c6c7ccccc7c7ccccc7c56)cc4)cc3)nc(-c3cc4ccccc4c4ccccc34)n1)c1ccccc12. The Hall–Kier alpha value is -9.05. The molecule has 2 heterocycles. The van der Waals surface area contributed by atoms with Gasteiger partial charge in [-0.25, -0.2) is 15.0 Å². The molecule has 3 nitrogen and oxygen atoms in total. The Balaban J connectivity index is 0.907. The number of hydrogen-bond acceptors (Lipinski definition) is 3. The lowest BCUT2D eigenvalue weighted by molar-refractivity contribution is 1.19. The summed E-state index contributed by atoms with van der Waals surface area (Å²) < 4.78 is 0. The summed E-state index contributed by atoms with van der Waals surface area (Å²) in [6, 6.07) is 85.1. The average molecular weight is 862 g/mol. The van der Waals surface area contributed by atoms with E-state index in [1.165, 1.54) is 64.6 Å². The van der Waals surface area contributed by atoms with Gasteiger partial charge in [-0.15, -0.1) is 0 Å². The summed E-state index contributed by atoms with van der Waals surface area (Å²) in [4.78, 5) is 16.3. The van der Waals surface area contributed by atoms with Crippen LogP contribution in [0.15, 0.2) is 237 Å². The van der Waals surface area contributed by atoms with Crippen molar-refractivity contribution in [1.29, 1.82) is 0 Å². The highest BCUT2D eigenvalue weighted by atomic mass is 14.9. The van der Waals surface area contributed by atoms with E-state index in [0.717, 1.165) is 72.1 Å². The third kappa shape index (κ3) is 6.03. The smallest absolute Gasteiger partial charge is 0.161 e. The zero-order valence-electron chi connectivity index (χ0n) is 36.9. The van der Waals surface area contributed by atoms with Crippen molar-refractivity contribution in [2.45, 2.75) is 0 Å². The van der Waals surface area contributed by atoms with Gasteiger partial charge in [0.25, 0.3) is 0 Å². The predicted octanol–water partition coefficient (Wildman–Crippen LogP) is 17.4. The first kappa shape index (κ1) is 38.2. The van der Waals surface area contributed by atoms with Crippen molar-refractivity contribution in [1.82, 2.24) is 15.0 Å². The van der Waals surface area contributed by atoms with Gasteiger partial charge >= 0.3 is 0 Å². The maximum atomic E-state index is 5.46. The van der Waals surface area contributed by atoms with Crippen LogP contribution < -0.4 is 0 Å². The molecule has 0 bridgehead atoms. The van der Waals surface area contributed by atoms with E-state index in [0.29, 0.717) is 5.82 Å². The summed E-state index contributed by atoms with van der Waals surface area (Å²) in [7, 11) is 0. The van der Waals surface area contributed by atoms with Crippen LogP contribution in [0.4, 0.5) is 0 Å². The molecule has 2 aromatic heterocycles. The summed E-state index contributed by atoms with van der Waals surface area (Å²) in [5.41, 5.74) is 10.2. The molecule has 0 amide bonds. The van der Waals surface area contributed by atoms with Crippen molar-refractivity contribution in [2.24, 2.45) is 0 Å². The Morgan fingerprint density at radius 1 is 0.235 bits per heavy atom. The van der Waals surface area contributed by atoms with Crippen LogP contribution >= 0.6 is 0 Å². The molecular formula is C65H39N3. The van der Waals surface area contributed by atoms with Crippen molar-refractivity contribution < 1.29 is 0 Å². The van der Waals surface area contributed by atoms with Crippen LogP contribution in [-0.4, -0.2) is 15.0 Å². The second kappa shape index (κ2) is 15.3. The summed E-state index contributed by atoms with van der Waals surface area (Å²) in [6.07, 6.45) is 0. The van der Waals surface area contributed by atoms with Crippen molar-refractivity contribution in [2.75, 3.05) is 0 Å². The van der Waals surface area contributed by atoms with E-state index in [2.05, 4.69) is 237 Å². The molecular weight excluding hydrogens is 823 g/mol. The van der Waals surface area contributed by atoms with Crippen LogP contribution in [0.5, 0.6) is 0 Å². The van der Waals surface area contributed by atoms with Crippen molar-refractivity contribution in [3.8, 4) is 56.3 Å². The molecule has 0 fully saturated rings. The Bertz CT molecular complexity index is 4230. The number of nitrogens with zero attached hydrogens (tertiary/aromatic N) is 3. The summed E-state index contributed by atoms with van der Waals surface area (Å²) in [5, 5.41) is 18.1. The minimum Gasteiger partial charge on any atom is -0.247 e. The number of benzene rings is 12. The largest absolute Gasteiger partial charge is 0.247 e. The van der Waals surface area contributed by atoms with Gasteiger partial charge in [0.2, 0.25) is 0 Å².